The van der Waals surface area contributed by atoms with Crippen molar-refractivity contribution in [1.29, 1.82) is 0 Å². The Kier molecular flexibility index (Phi) is 3.46. The zero-order chi connectivity index (χ0) is 11.5. The first-order valence-electron chi connectivity index (χ1n) is 5.80. The Morgan fingerprint density at radius 3 is 2.50 bits per heavy atom. The van der Waals surface area contributed by atoms with Crippen molar-refractivity contribution in [3.8, 4) is 5.75 Å². The van der Waals surface area contributed by atoms with E-state index in [4.69, 9.17) is 9.47 Å². The molecule has 1 aromatic rings. The zero-order valence-corrected chi connectivity index (χ0v) is 10.1. The van der Waals surface area contributed by atoms with E-state index in [9.17, 15) is 0 Å². The monoisotopic (exact) mass is 221 g/mol. The molecule has 0 amide bonds. The van der Waals surface area contributed by atoms with Gasteiger partial charge in [0.05, 0.1) is 12.2 Å². The molecule has 0 spiro atoms. The highest BCUT2D eigenvalue weighted by molar-refractivity contribution is 5.29. The van der Waals surface area contributed by atoms with Gasteiger partial charge in [0.25, 0.3) is 0 Å². The summed E-state index contributed by atoms with van der Waals surface area (Å²) in [4.78, 5) is 0. The largest absolute Gasteiger partial charge is 0.491 e. The lowest BCUT2D eigenvalue weighted by molar-refractivity contribution is 0.0529. The molecule has 1 aliphatic rings. The van der Waals surface area contributed by atoms with E-state index in [1.807, 2.05) is 32.9 Å². The summed E-state index contributed by atoms with van der Waals surface area (Å²) in [5.74, 6) is 0.915. The molecule has 0 saturated carbocycles. The molecule has 3 nitrogen and oxygen atoms in total. The van der Waals surface area contributed by atoms with Gasteiger partial charge >= 0.3 is 0 Å². The van der Waals surface area contributed by atoms with Gasteiger partial charge in [0.2, 0.25) is 0 Å². The number of nitrogens with one attached hydrogen (secondary N) is 1. The minimum atomic E-state index is 0.150. The molecule has 0 radical (unpaired) electrons. The first kappa shape index (κ1) is 11.4. The lowest BCUT2D eigenvalue weighted by Crippen LogP contribution is -2.17. The van der Waals surface area contributed by atoms with Crippen molar-refractivity contribution in [2.45, 2.75) is 39.2 Å². The van der Waals surface area contributed by atoms with Gasteiger partial charge in [-0.25, -0.2) is 0 Å². The molecule has 1 heterocycles. The zero-order valence-electron chi connectivity index (χ0n) is 10.1. The normalized spacial score (nSPS) is 25.0. The van der Waals surface area contributed by atoms with Crippen LogP contribution in [0.25, 0.3) is 0 Å². The third kappa shape index (κ3) is 2.74. The Morgan fingerprint density at radius 1 is 1.31 bits per heavy atom. The molecule has 0 aliphatic carbocycles. The average molecular weight is 221 g/mol. The maximum Gasteiger partial charge on any atom is 0.119 e. The predicted molar refractivity (Wildman–Crippen MR) is 63.5 cm³/mol. The fourth-order valence-corrected chi connectivity index (χ4v) is 1.85. The molecule has 2 unspecified atom stereocenters. The third-order valence-corrected chi connectivity index (χ3v) is 2.58. The highest BCUT2D eigenvalue weighted by atomic mass is 16.5. The van der Waals surface area contributed by atoms with Gasteiger partial charge in [-0.05, 0) is 38.5 Å². The number of ether oxygens (including phenoxy) is 2. The Labute approximate surface area is 96.8 Å². The average Bonchev–Trinajstić information content (AvgIpc) is 2.65. The van der Waals surface area contributed by atoms with Crippen molar-refractivity contribution in [2.24, 2.45) is 0 Å². The van der Waals surface area contributed by atoms with Crippen LogP contribution in [-0.2, 0) is 4.74 Å². The number of benzene rings is 1. The summed E-state index contributed by atoms with van der Waals surface area (Å²) in [6, 6.07) is 8.15. The molecular weight excluding hydrogens is 202 g/mol. The van der Waals surface area contributed by atoms with E-state index in [0.717, 1.165) is 12.3 Å². The Balaban J connectivity index is 2.02. The quantitative estimate of drug-likeness (QED) is 0.850. The van der Waals surface area contributed by atoms with Crippen LogP contribution in [0.2, 0.25) is 0 Å². The van der Waals surface area contributed by atoms with Gasteiger partial charge in [0.1, 0.15) is 12.0 Å². The van der Waals surface area contributed by atoms with Crippen LogP contribution in [0.4, 0.5) is 0 Å². The molecule has 16 heavy (non-hydrogen) atoms. The molecule has 2 atom stereocenters. The van der Waals surface area contributed by atoms with E-state index < -0.39 is 0 Å². The van der Waals surface area contributed by atoms with Crippen LogP contribution in [0.1, 0.15) is 32.4 Å². The van der Waals surface area contributed by atoms with Crippen LogP contribution in [0.5, 0.6) is 5.75 Å². The van der Waals surface area contributed by atoms with Gasteiger partial charge in [-0.15, -0.1) is 0 Å². The second kappa shape index (κ2) is 4.85. The topological polar surface area (TPSA) is 30.5 Å². The molecule has 1 saturated heterocycles. The highest BCUT2D eigenvalue weighted by Gasteiger charge is 2.22. The summed E-state index contributed by atoms with van der Waals surface area (Å²) < 4.78 is 11.3. The molecule has 2 rings (SSSR count). The van der Waals surface area contributed by atoms with Gasteiger partial charge < -0.3 is 9.47 Å². The minimum Gasteiger partial charge on any atom is -0.491 e. The molecule has 1 fully saturated rings. The summed E-state index contributed by atoms with van der Waals surface area (Å²) in [5.41, 5.74) is 1.20. The van der Waals surface area contributed by atoms with Gasteiger partial charge in [-0.2, -0.15) is 0 Å². The van der Waals surface area contributed by atoms with E-state index in [1.54, 1.807) is 0 Å². The van der Waals surface area contributed by atoms with Crippen molar-refractivity contribution >= 4 is 0 Å². The predicted octanol–water partition coefficient (Wildman–Crippen LogP) is 2.48. The fourth-order valence-electron chi connectivity index (χ4n) is 1.85. The van der Waals surface area contributed by atoms with Gasteiger partial charge in [0, 0.05) is 6.54 Å². The lowest BCUT2D eigenvalue weighted by atomic mass is 10.1. The van der Waals surface area contributed by atoms with Gasteiger partial charge in [-0.1, -0.05) is 12.1 Å². The van der Waals surface area contributed by atoms with E-state index in [-0.39, 0.29) is 18.4 Å². The molecule has 1 aliphatic heterocycles. The van der Waals surface area contributed by atoms with Crippen LogP contribution in [0.3, 0.4) is 0 Å². The third-order valence-electron chi connectivity index (χ3n) is 2.58. The van der Waals surface area contributed by atoms with E-state index >= 15 is 0 Å². The van der Waals surface area contributed by atoms with Crippen LogP contribution >= 0.6 is 0 Å². The first-order chi connectivity index (χ1) is 7.65. The fraction of sp³-hybridized carbons (Fsp3) is 0.538. The van der Waals surface area contributed by atoms with Crippen molar-refractivity contribution in [1.82, 2.24) is 5.32 Å². The van der Waals surface area contributed by atoms with Gasteiger partial charge in [-0.3, -0.25) is 5.32 Å². The van der Waals surface area contributed by atoms with Crippen LogP contribution in [-0.4, -0.2) is 18.9 Å². The maximum absolute atomic E-state index is 5.72. The van der Waals surface area contributed by atoms with Crippen molar-refractivity contribution in [3.63, 3.8) is 0 Å². The van der Waals surface area contributed by atoms with E-state index in [0.29, 0.717) is 0 Å². The van der Waals surface area contributed by atoms with Crippen molar-refractivity contribution in [2.75, 3.05) is 6.54 Å². The molecule has 1 N–H and O–H groups in total. The van der Waals surface area contributed by atoms with Gasteiger partial charge in [0.15, 0.2) is 0 Å². The number of rotatable bonds is 3. The van der Waals surface area contributed by atoms with Crippen LogP contribution in [0.15, 0.2) is 24.3 Å². The van der Waals surface area contributed by atoms with E-state index in [2.05, 4.69) is 17.4 Å². The smallest absolute Gasteiger partial charge is 0.119 e. The summed E-state index contributed by atoms with van der Waals surface area (Å²) >= 11 is 0. The summed E-state index contributed by atoms with van der Waals surface area (Å²) in [5, 5.41) is 3.26. The second-order valence-electron chi connectivity index (χ2n) is 4.41. The Morgan fingerprint density at radius 2 is 2.00 bits per heavy atom. The summed E-state index contributed by atoms with van der Waals surface area (Å²) in [6.07, 6.45) is 0.537. The molecule has 1 aromatic carbocycles. The Bertz CT molecular complexity index is 334. The van der Waals surface area contributed by atoms with Crippen LogP contribution < -0.4 is 10.1 Å². The number of hydrogen-bond donors (Lipinski definition) is 1. The van der Waals surface area contributed by atoms with Crippen LogP contribution in [0, 0.1) is 0 Å². The second-order valence-corrected chi connectivity index (χ2v) is 4.41. The highest BCUT2D eigenvalue weighted by Crippen LogP contribution is 2.24. The molecule has 88 valence electrons. The molecular formula is C13H19NO2. The van der Waals surface area contributed by atoms with E-state index in [1.165, 1.54) is 5.56 Å². The number of hydrogen-bond acceptors (Lipinski definition) is 3. The van der Waals surface area contributed by atoms with Crippen molar-refractivity contribution in [3.05, 3.63) is 29.8 Å². The SMILES string of the molecule is CC(C)Oc1ccc(C2CNC(C)O2)cc1. The summed E-state index contributed by atoms with van der Waals surface area (Å²) in [7, 11) is 0. The molecule has 0 aromatic heterocycles. The minimum absolute atomic E-state index is 0.150. The first-order valence-corrected chi connectivity index (χ1v) is 5.80. The summed E-state index contributed by atoms with van der Waals surface area (Å²) in [6.45, 7) is 6.96. The standard InChI is InChI=1S/C13H19NO2/c1-9(2)15-12-6-4-11(5-7-12)13-8-14-10(3)16-13/h4-7,9-10,13-14H,8H2,1-3H3. The lowest BCUT2D eigenvalue weighted by Gasteiger charge is -2.13. The molecule has 3 heteroatoms. The molecule has 0 bridgehead atoms. The maximum atomic E-state index is 5.72. The van der Waals surface area contributed by atoms with Crippen molar-refractivity contribution < 1.29 is 9.47 Å². The Hall–Kier alpha value is -1.06.